The van der Waals surface area contributed by atoms with Gasteiger partial charge in [0.2, 0.25) is 5.91 Å². The fraction of sp³-hybridized carbons (Fsp3) is 0.318. The number of carbonyl (C=O) groups is 1. The van der Waals surface area contributed by atoms with Crippen LogP contribution in [0.2, 0.25) is 0 Å². The third-order valence-corrected chi connectivity index (χ3v) is 6.42. The number of hydrogen-bond acceptors (Lipinski definition) is 4. The number of fused-ring (bicyclic) bond motifs is 1. The van der Waals surface area contributed by atoms with Gasteiger partial charge in [0.1, 0.15) is 5.82 Å². The highest BCUT2D eigenvalue weighted by molar-refractivity contribution is 7.99. The van der Waals surface area contributed by atoms with Crippen LogP contribution in [0.3, 0.4) is 0 Å². The monoisotopic (exact) mass is 408 g/mol. The van der Waals surface area contributed by atoms with Gasteiger partial charge >= 0.3 is 0 Å². The zero-order valence-corrected chi connectivity index (χ0v) is 16.9. The first-order chi connectivity index (χ1) is 14.1. The van der Waals surface area contributed by atoms with Crippen LogP contribution in [0, 0.1) is 5.82 Å². The summed E-state index contributed by atoms with van der Waals surface area (Å²) in [4.78, 5) is 14.9. The van der Waals surface area contributed by atoms with Crippen LogP contribution in [0.5, 0.6) is 0 Å². The topological polar surface area (TPSA) is 51.0 Å². The summed E-state index contributed by atoms with van der Waals surface area (Å²) in [6.07, 6.45) is 2.93. The minimum Gasteiger partial charge on any atom is -0.308 e. The van der Waals surface area contributed by atoms with Gasteiger partial charge in [0.25, 0.3) is 0 Å². The van der Waals surface area contributed by atoms with E-state index < -0.39 is 0 Å². The Labute approximate surface area is 172 Å². The number of nitrogens with zero attached hydrogens (tertiary/aromatic N) is 4. The molecular formula is C22H21FN4OS. The van der Waals surface area contributed by atoms with Crippen molar-refractivity contribution in [3.63, 3.8) is 0 Å². The van der Waals surface area contributed by atoms with Crippen LogP contribution in [0.15, 0.2) is 53.7 Å². The fourth-order valence-electron chi connectivity index (χ4n) is 4.00. The minimum absolute atomic E-state index is 0.0604. The van der Waals surface area contributed by atoms with E-state index in [1.54, 1.807) is 18.2 Å². The highest BCUT2D eigenvalue weighted by Crippen LogP contribution is 2.41. The van der Waals surface area contributed by atoms with Gasteiger partial charge < -0.3 is 4.90 Å². The standard InChI is InChI=1S/C22H21FN4OS/c1-14-12-15-6-2-5-9-19(15)26(14)20(28)13-29-22-25-24-21(27(22)16-10-11-16)17-7-3-4-8-18(17)23/h2-9,14,16H,10-13H2,1H3/t14-/m1/s1. The lowest BCUT2D eigenvalue weighted by atomic mass is 10.1. The highest BCUT2D eigenvalue weighted by Gasteiger charge is 2.33. The van der Waals surface area contributed by atoms with E-state index >= 15 is 0 Å². The average Bonchev–Trinajstić information content (AvgIpc) is 3.38. The molecule has 1 aliphatic heterocycles. The molecule has 0 N–H and O–H groups in total. The summed E-state index contributed by atoms with van der Waals surface area (Å²) in [6.45, 7) is 2.07. The molecule has 3 aromatic rings. The third kappa shape index (κ3) is 3.33. The van der Waals surface area contributed by atoms with Gasteiger partial charge in [-0.2, -0.15) is 0 Å². The Hall–Kier alpha value is -2.67. The Bertz CT molecular complexity index is 1080. The molecule has 1 atom stereocenters. The third-order valence-electron chi connectivity index (χ3n) is 5.49. The van der Waals surface area contributed by atoms with Gasteiger partial charge in [0.05, 0.1) is 11.3 Å². The molecule has 7 heteroatoms. The quantitative estimate of drug-likeness (QED) is 0.584. The number of benzene rings is 2. The number of anilines is 1. The van der Waals surface area contributed by atoms with E-state index in [0.717, 1.165) is 24.9 Å². The molecule has 5 rings (SSSR count). The molecule has 1 fully saturated rings. The van der Waals surface area contributed by atoms with Gasteiger partial charge in [-0.05, 0) is 49.9 Å². The van der Waals surface area contributed by atoms with E-state index in [-0.39, 0.29) is 29.6 Å². The zero-order valence-electron chi connectivity index (χ0n) is 16.1. The summed E-state index contributed by atoms with van der Waals surface area (Å²) in [5.74, 6) is 0.573. The van der Waals surface area contributed by atoms with E-state index in [9.17, 15) is 9.18 Å². The first-order valence-electron chi connectivity index (χ1n) is 9.86. The normalized spacial score (nSPS) is 18.1. The second-order valence-electron chi connectivity index (χ2n) is 7.62. The summed E-state index contributed by atoms with van der Waals surface area (Å²) in [5, 5.41) is 9.24. The predicted molar refractivity (Wildman–Crippen MR) is 112 cm³/mol. The van der Waals surface area contributed by atoms with Crippen LogP contribution in [-0.2, 0) is 11.2 Å². The zero-order chi connectivity index (χ0) is 20.0. The molecule has 1 aromatic heterocycles. The molecule has 1 saturated carbocycles. The predicted octanol–water partition coefficient (Wildman–Crippen LogP) is 4.49. The Balaban J connectivity index is 1.38. The minimum atomic E-state index is -0.308. The summed E-state index contributed by atoms with van der Waals surface area (Å²) >= 11 is 1.38. The van der Waals surface area contributed by atoms with E-state index in [4.69, 9.17) is 0 Å². The number of hydrogen-bond donors (Lipinski definition) is 0. The Morgan fingerprint density at radius 3 is 2.69 bits per heavy atom. The van der Waals surface area contributed by atoms with Crippen LogP contribution in [0.4, 0.5) is 10.1 Å². The fourth-order valence-corrected chi connectivity index (χ4v) is 4.87. The largest absolute Gasteiger partial charge is 0.308 e. The molecule has 5 nitrogen and oxygen atoms in total. The van der Waals surface area contributed by atoms with Crippen LogP contribution >= 0.6 is 11.8 Å². The van der Waals surface area contributed by atoms with Gasteiger partial charge in [0.15, 0.2) is 11.0 Å². The van der Waals surface area contributed by atoms with Gasteiger partial charge in [-0.15, -0.1) is 10.2 Å². The molecular weight excluding hydrogens is 387 g/mol. The number of thioether (sulfide) groups is 1. The molecule has 2 heterocycles. The number of para-hydroxylation sites is 1. The lowest BCUT2D eigenvalue weighted by molar-refractivity contribution is -0.116. The van der Waals surface area contributed by atoms with E-state index in [2.05, 4.69) is 23.2 Å². The molecule has 0 saturated heterocycles. The number of carbonyl (C=O) groups excluding carboxylic acids is 1. The van der Waals surface area contributed by atoms with E-state index in [0.29, 0.717) is 16.5 Å². The second kappa shape index (κ2) is 7.30. The van der Waals surface area contributed by atoms with Crippen molar-refractivity contribution in [2.75, 3.05) is 10.7 Å². The highest BCUT2D eigenvalue weighted by atomic mass is 32.2. The van der Waals surface area contributed by atoms with Crippen molar-refractivity contribution in [2.45, 2.75) is 43.4 Å². The summed E-state index contributed by atoms with van der Waals surface area (Å²) in [6, 6.07) is 15.1. The van der Waals surface area contributed by atoms with Crippen LogP contribution in [-0.4, -0.2) is 32.5 Å². The van der Waals surface area contributed by atoms with E-state index in [1.807, 2.05) is 27.7 Å². The molecule has 0 spiro atoms. The first-order valence-corrected chi connectivity index (χ1v) is 10.8. The molecule has 148 valence electrons. The van der Waals surface area contributed by atoms with Crippen molar-refractivity contribution < 1.29 is 9.18 Å². The Morgan fingerprint density at radius 1 is 1.14 bits per heavy atom. The number of halogens is 1. The van der Waals surface area contributed by atoms with E-state index in [1.165, 1.54) is 23.4 Å². The van der Waals surface area contributed by atoms with Crippen molar-refractivity contribution in [1.29, 1.82) is 0 Å². The van der Waals surface area contributed by atoms with Crippen molar-refractivity contribution in [3.05, 3.63) is 59.9 Å². The molecule has 2 aliphatic rings. The maximum Gasteiger partial charge on any atom is 0.237 e. The maximum absolute atomic E-state index is 14.3. The van der Waals surface area contributed by atoms with Crippen molar-refractivity contribution >= 4 is 23.4 Å². The van der Waals surface area contributed by atoms with Crippen LogP contribution < -0.4 is 4.90 Å². The van der Waals surface area contributed by atoms with Gasteiger partial charge in [-0.25, -0.2) is 4.39 Å². The lowest BCUT2D eigenvalue weighted by Crippen LogP contribution is -2.37. The number of rotatable bonds is 5. The smallest absolute Gasteiger partial charge is 0.237 e. The molecule has 1 aliphatic carbocycles. The first kappa shape index (κ1) is 18.4. The molecule has 0 radical (unpaired) electrons. The summed E-state index contributed by atoms with van der Waals surface area (Å²) < 4.78 is 16.3. The number of amides is 1. The SMILES string of the molecule is C[C@@H]1Cc2ccccc2N1C(=O)CSc1nnc(-c2ccccc2F)n1C1CC1. The lowest BCUT2D eigenvalue weighted by Gasteiger charge is -2.22. The number of aromatic nitrogens is 3. The van der Waals surface area contributed by atoms with Crippen molar-refractivity contribution in [2.24, 2.45) is 0 Å². The van der Waals surface area contributed by atoms with Gasteiger partial charge in [-0.1, -0.05) is 42.1 Å². The van der Waals surface area contributed by atoms with Crippen molar-refractivity contribution in [1.82, 2.24) is 14.8 Å². The van der Waals surface area contributed by atoms with Gasteiger partial charge in [-0.3, -0.25) is 9.36 Å². The van der Waals surface area contributed by atoms with Crippen LogP contribution in [0.1, 0.15) is 31.4 Å². The van der Waals surface area contributed by atoms with Crippen LogP contribution in [0.25, 0.3) is 11.4 Å². The molecule has 0 unspecified atom stereocenters. The summed E-state index contributed by atoms with van der Waals surface area (Å²) in [5.41, 5.74) is 2.66. The summed E-state index contributed by atoms with van der Waals surface area (Å²) in [7, 11) is 0. The molecule has 0 bridgehead atoms. The van der Waals surface area contributed by atoms with Crippen molar-refractivity contribution in [3.8, 4) is 11.4 Å². The molecule has 29 heavy (non-hydrogen) atoms. The Kier molecular flexibility index (Phi) is 4.62. The molecule has 2 aromatic carbocycles. The van der Waals surface area contributed by atoms with Gasteiger partial charge in [0, 0.05) is 17.8 Å². The molecule has 1 amide bonds. The Morgan fingerprint density at radius 2 is 1.90 bits per heavy atom. The average molecular weight is 409 g/mol. The maximum atomic E-state index is 14.3. The second-order valence-corrected chi connectivity index (χ2v) is 8.56.